The molecule has 6 nitrogen and oxygen atoms in total. The molecule has 2 rings (SSSR count). The Labute approximate surface area is 115 Å². The zero-order chi connectivity index (χ0) is 14.0. The van der Waals surface area contributed by atoms with Gasteiger partial charge in [-0.3, -0.25) is 4.72 Å². The Bertz CT molecular complexity index is 701. The van der Waals surface area contributed by atoms with Gasteiger partial charge in [-0.2, -0.15) is 0 Å². The molecule has 0 spiro atoms. The summed E-state index contributed by atoms with van der Waals surface area (Å²) in [5, 5.41) is 0.331. The lowest BCUT2D eigenvalue weighted by Gasteiger charge is -2.08. The fourth-order valence-electron chi connectivity index (χ4n) is 1.38. The molecule has 0 aliphatic heterocycles. The second-order valence-electron chi connectivity index (χ2n) is 3.86. The number of aryl methyl sites for hydroxylation is 1. The number of nitrogens with two attached hydrogens (primary N) is 1. The molecule has 0 saturated carbocycles. The molecule has 0 bridgehead atoms. The highest BCUT2D eigenvalue weighted by Crippen LogP contribution is 2.19. The van der Waals surface area contributed by atoms with Gasteiger partial charge >= 0.3 is 0 Å². The van der Waals surface area contributed by atoms with Crippen LogP contribution in [0, 0.1) is 6.92 Å². The summed E-state index contributed by atoms with van der Waals surface area (Å²) < 4.78 is 26.5. The number of nitrogens with zero attached hydrogens (tertiary/aromatic N) is 2. The van der Waals surface area contributed by atoms with Gasteiger partial charge in [0.25, 0.3) is 10.0 Å². The number of pyridine rings is 2. The van der Waals surface area contributed by atoms with Gasteiger partial charge < -0.3 is 5.73 Å². The topological polar surface area (TPSA) is 98.0 Å². The molecule has 0 saturated heterocycles. The number of nitrogens with one attached hydrogen (secondary N) is 1. The van der Waals surface area contributed by atoms with Crippen LogP contribution in [0.2, 0.25) is 5.15 Å². The molecular formula is C11H11ClN4O2S. The van der Waals surface area contributed by atoms with Crippen molar-refractivity contribution in [2.24, 2.45) is 0 Å². The monoisotopic (exact) mass is 298 g/mol. The van der Waals surface area contributed by atoms with Crippen molar-refractivity contribution < 1.29 is 8.42 Å². The maximum Gasteiger partial charge on any atom is 0.263 e. The highest BCUT2D eigenvalue weighted by atomic mass is 35.5. The van der Waals surface area contributed by atoms with E-state index < -0.39 is 10.0 Å². The highest BCUT2D eigenvalue weighted by molar-refractivity contribution is 7.92. The standard InChI is InChI=1S/C11H11ClN4O2S/c1-7-4-8(5-15-11(7)12)16-19(17,18)9-2-3-10(13)14-6-9/h2-6,16H,1H3,(H2,13,14). The van der Waals surface area contributed by atoms with Crippen LogP contribution in [0.15, 0.2) is 35.5 Å². The highest BCUT2D eigenvalue weighted by Gasteiger charge is 2.15. The molecular weight excluding hydrogens is 288 g/mol. The van der Waals surface area contributed by atoms with Crippen LogP contribution in [-0.2, 0) is 10.0 Å². The molecule has 2 heterocycles. The first-order chi connectivity index (χ1) is 8.88. The summed E-state index contributed by atoms with van der Waals surface area (Å²) in [7, 11) is -3.71. The molecule has 0 radical (unpaired) electrons. The van der Waals surface area contributed by atoms with Crippen LogP contribution in [0.5, 0.6) is 0 Å². The minimum absolute atomic E-state index is 0.0225. The lowest BCUT2D eigenvalue weighted by Crippen LogP contribution is -2.13. The average molecular weight is 299 g/mol. The second-order valence-corrected chi connectivity index (χ2v) is 5.90. The van der Waals surface area contributed by atoms with Crippen molar-refractivity contribution in [2.75, 3.05) is 10.5 Å². The number of anilines is 2. The molecule has 100 valence electrons. The summed E-state index contributed by atoms with van der Waals surface area (Å²) in [5.74, 6) is 0.253. The van der Waals surface area contributed by atoms with E-state index in [4.69, 9.17) is 17.3 Å². The summed E-state index contributed by atoms with van der Waals surface area (Å²) in [6.45, 7) is 1.73. The minimum Gasteiger partial charge on any atom is -0.384 e. The maximum absolute atomic E-state index is 12.1. The number of nitrogen functional groups attached to an aromatic ring is 1. The number of hydrogen-bond donors (Lipinski definition) is 2. The van der Waals surface area contributed by atoms with Crippen LogP contribution in [0.3, 0.4) is 0 Å². The van der Waals surface area contributed by atoms with E-state index in [9.17, 15) is 8.42 Å². The van der Waals surface area contributed by atoms with E-state index >= 15 is 0 Å². The van der Waals surface area contributed by atoms with Crippen molar-refractivity contribution in [3.63, 3.8) is 0 Å². The molecule has 0 aromatic carbocycles. The number of halogens is 1. The van der Waals surface area contributed by atoms with E-state index in [1.54, 1.807) is 13.0 Å². The van der Waals surface area contributed by atoms with E-state index in [1.165, 1.54) is 24.5 Å². The van der Waals surface area contributed by atoms with Crippen LogP contribution in [0.4, 0.5) is 11.5 Å². The SMILES string of the molecule is Cc1cc(NS(=O)(=O)c2ccc(N)nc2)cnc1Cl. The Hall–Kier alpha value is -1.86. The van der Waals surface area contributed by atoms with E-state index in [0.29, 0.717) is 16.4 Å². The summed E-state index contributed by atoms with van der Waals surface area (Å²) >= 11 is 5.77. The van der Waals surface area contributed by atoms with Gasteiger partial charge in [-0.1, -0.05) is 11.6 Å². The number of hydrogen-bond acceptors (Lipinski definition) is 5. The van der Waals surface area contributed by atoms with Crippen molar-refractivity contribution >= 4 is 33.1 Å². The van der Waals surface area contributed by atoms with Crippen molar-refractivity contribution in [3.8, 4) is 0 Å². The van der Waals surface area contributed by atoms with Gasteiger partial charge in [0.05, 0.1) is 11.9 Å². The summed E-state index contributed by atoms with van der Waals surface area (Å²) in [6.07, 6.45) is 2.53. The number of sulfonamides is 1. The van der Waals surface area contributed by atoms with Crippen molar-refractivity contribution in [2.45, 2.75) is 11.8 Å². The Balaban J connectivity index is 2.30. The second kappa shape index (κ2) is 5.02. The molecule has 2 aromatic heterocycles. The van der Waals surface area contributed by atoms with Crippen molar-refractivity contribution in [1.82, 2.24) is 9.97 Å². The maximum atomic E-state index is 12.1. The molecule has 0 unspecified atom stereocenters. The van der Waals surface area contributed by atoms with Gasteiger partial charge in [0, 0.05) is 6.20 Å². The number of aromatic nitrogens is 2. The summed E-state index contributed by atoms with van der Waals surface area (Å²) in [5.41, 5.74) is 6.42. The zero-order valence-electron chi connectivity index (χ0n) is 9.96. The van der Waals surface area contributed by atoms with Gasteiger partial charge in [0.2, 0.25) is 0 Å². The third-order valence-electron chi connectivity index (χ3n) is 2.34. The Morgan fingerprint density at radius 3 is 2.58 bits per heavy atom. The fraction of sp³-hybridized carbons (Fsp3) is 0.0909. The van der Waals surface area contributed by atoms with Crippen LogP contribution in [0.25, 0.3) is 0 Å². The van der Waals surface area contributed by atoms with E-state index in [0.717, 1.165) is 0 Å². The first-order valence-electron chi connectivity index (χ1n) is 5.25. The molecule has 8 heteroatoms. The molecule has 3 N–H and O–H groups in total. The zero-order valence-corrected chi connectivity index (χ0v) is 11.5. The third kappa shape index (κ3) is 3.12. The normalized spacial score (nSPS) is 11.3. The van der Waals surface area contributed by atoms with Crippen LogP contribution < -0.4 is 10.5 Å². The lowest BCUT2D eigenvalue weighted by atomic mass is 10.3. The van der Waals surface area contributed by atoms with E-state index in [1.807, 2.05) is 0 Å². The predicted octanol–water partition coefficient (Wildman–Crippen LogP) is 1.82. The summed E-state index contributed by atoms with van der Waals surface area (Å²) in [6, 6.07) is 4.39. The Kier molecular flexibility index (Phi) is 3.59. The van der Waals surface area contributed by atoms with Gasteiger partial charge in [-0.05, 0) is 30.7 Å². The van der Waals surface area contributed by atoms with Crippen molar-refractivity contribution in [3.05, 3.63) is 41.3 Å². The van der Waals surface area contributed by atoms with Gasteiger partial charge in [-0.15, -0.1) is 0 Å². The first kappa shape index (κ1) is 13.6. The Morgan fingerprint density at radius 2 is 2.00 bits per heavy atom. The molecule has 0 aliphatic carbocycles. The van der Waals surface area contributed by atoms with Gasteiger partial charge in [0.1, 0.15) is 15.9 Å². The average Bonchev–Trinajstić information content (AvgIpc) is 2.34. The molecule has 0 amide bonds. The molecule has 0 aliphatic rings. The van der Waals surface area contributed by atoms with Gasteiger partial charge in [-0.25, -0.2) is 18.4 Å². The Morgan fingerprint density at radius 1 is 1.26 bits per heavy atom. The molecule has 2 aromatic rings. The summed E-state index contributed by atoms with van der Waals surface area (Å²) in [4.78, 5) is 7.64. The molecule has 0 fully saturated rings. The first-order valence-corrected chi connectivity index (χ1v) is 7.11. The predicted molar refractivity (Wildman–Crippen MR) is 73.4 cm³/mol. The largest absolute Gasteiger partial charge is 0.384 e. The minimum atomic E-state index is -3.71. The van der Waals surface area contributed by atoms with Crippen molar-refractivity contribution in [1.29, 1.82) is 0 Å². The van der Waals surface area contributed by atoms with Gasteiger partial charge in [0.15, 0.2) is 0 Å². The van der Waals surface area contributed by atoms with Crippen LogP contribution >= 0.6 is 11.6 Å². The third-order valence-corrected chi connectivity index (χ3v) is 4.10. The van der Waals surface area contributed by atoms with E-state index in [2.05, 4.69) is 14.7 Å². The van der Waals surface area contributed by atoms with Crippen LogP contribution in [0.1, 0.15) is 5.56 Å². The quantitative estimate of drug-likeness (QED) is 0.842. The van der Waals surface area contributed by atoms with E-state index in [-0.39, 0.29) is 10.7 Å². The molecule has 0 atom stereocenters. The lowest BCUT2D eigenvalue weighted by molar-refractivity contribution is 0.601. The smallest absolute Gasteiger partial charge is 0.263 e. The number of rotatable bonds is 3. The molecule has 19 heavy (non-hydrogen) atoms. The van der Waals surface area contributed by atoms with Crippen LogP contribution in [-0.4, -0.2) is 18.4 Å². The fourth-order valence-corrected chi connectivity index (χ4v) is 2.46.